The second-order valence-corrected chi connectivity index (χ2v) is 7.80. The minimum Gasteiger partial charge on any atom is -0.438 e. The zero-order chi connectivity index (χ0) is 25.3. The number of nitrogens with zero attached hydrogens (tertiary/aromatic N) is 5. The summed E-state index contributed by atoms with van der Waals surface area (Å²) in [6.07, 6.45) is 0.447. The van der Waals surface area contributed by atoms with Crippen molar-refractivity contribution >= 4 is 22.6 Å². The molecule has 1 amide bonds. The Morgan fingerprint density at radius 2 is 1.86 bits per heavy atom. The molecule has 0 radical (unpaired) electrons. The van der Waals surface area contributed by atoms with E-state index in [4.69, 9.17) is 4.74 Å². The number of benzene rings is 2. The van der Waals surface area contributed by atoms with Gasteiger partial charge in [-0.15, -0.1) is 0 Å². The predicted octanol–water partition coefficient (Wildman–Crippen LogP) is 5.49. The number of hydrogen-bond acceptors (Lipinski definition) is 6. The molecular formula is C25H17F3N6O2. The van der Waals surface area contributed by atoms with Gasteiger partial charge >= 0.3 is 6.18 Å². The lowest BCUT2D eigenvalue weighted by Gasteiger charge is -2.11. The molecule has 0 unspecified atom stereocenters. The molecule has 3 aromatic heterocycles. The highest BCUT2D eigenvalue weighted by atomic mass is 19.4. The Balaban J connectivity index is 1.43. The second-order valence-electron chi connectivity index (χ2n) is 7.80. The first kappa shape index (κ1) is 23.0. The molecule has 2 aromatic carbocycles. The van der Waals surface area contributed by atoms with E-state index in [1.807, 2.05) is 0 Å². The van der Waals surface area contributed by atoms with E-state index in [0.29, 0.717) is 28.2 Å². The first-order chi connectivity index (χ1) is 17.3. The lowest BCUT2D eigenvalue weighted by atomic mass is 10.1. The molecule has 180 valence electrons. The van der Waals surface area contributed by atoms with Crippen LogP contribution >= 0.6 is 0 Å². The van der Waals surface area contributed by atoms with Gasteiger partial charge in [0, 0.05) is 42.5 Å². The van der Waals surface area contributed by atoms with Gasteiger partial charge in [0.05, 0.1) is 5.56 Å². The van der Waals surface area contributed by atoms with Crippen molar-refractivity contribution in [1.29, 1.82) is 0 Å². The maximum atomic E-state index is 13.0. The van der Waals surface area contributed by atoms with Crippen LogP contribution in [0.3, 0.4) is 0 Å². The van der Waals surface area contributed by atoms with Crippen LogP contribution in [0.15, 0.2) is 79.3 Å². The molecule has 0 saturated heterocycles. The van der Waals surface area contributed by atoms with Crippen LogP contribution in [0.2, 0.25) is 0 Å². The Labute approximate surface area is 202 Å². The highest BCUT2D eigenvalue weighted by Gasteiger charge is 2.30. The fourth-order valence-electron chi connectivity index (χ4n) is 3.48. The maximum absolute atomic E-state index is 13.0. The van der Waals surface area contributed by atoms with Gasteiger partial charge in [0.15, 0.2) is 11.5 Å². The number of pyridine rings is 1. The SMILES string of the molecule is Cn1cc2c(Oc3cccc(C(=O)Nc4cccc(C(F)(F)F)c4)c3)nc(-c3cccnc3)nc2n1. The number of rotatable bonds is 5. The van der Waals surface area contributed by atoms with Crippen molar-refractivity contribution in [3.8, 4) is 23.0 Å². The van der Waals surface area contributed by atoms with Gasteiger partial charge in [-0.1, -0.05) is 12.1 Å². The van der Waals surface area contributed by atoms with E-state index in [0.717, 1.165) is 12.1 Å². The number of aryl methyl sites for hydroxylation is 1. The van der Waals surface area contributed by atoms with Crippen LogP contribution in [0.5, 0.6) is 11.6 Å². The number of carbonyl (C=O) groups excluding carboxylic acids is 1. The van der Waals surface area contributed by atoms with Crippen molar-refractivity contribution in [1.82, 2.24) is 24.7 Å². The number of ether oxygens (including phenoxy) is 1. The van der Waals surface area contributed by atoms with E-state index in [1.54, 1.807) is 54.6 Å². The number of carbonyl (C=O) groups is 1. The zero-order valence-corrected chi connectivity index (χ0v) is 18.7. The topological polar surface area (TPSA) is 94.8 Å². The van der Waals surface area contributed by atoms with Crippen LogP contribution in [0.1, 0.15) is 15.9 Å². The summed E-state index contributed by atoms with van der Waals surface area (Å²) in [5, 5.41) is 7.38. The van der Waals surface area contributed by atoms with E-state index in [9.17, 15) is 18.0 Å². The Bertz CT molecular complexity index is 1570. The highest BCUT2D eigenvalue weighted by Crippen LogP contribution is 2.32. The first-order valence-corrected chi connectivity index (χ1v) is 10.6. The van der Waals surface area contributed by atoms with Gasteiger partial charge in [-0.2, -0.15) is 23.3 Å². The van der Waals surface area contributed by atoms with E-state index >= 15 is 0 Å². The maximum Gasteiger partial charge on any atom is 0.416 e. The van der Waals surface area contributed by atoms with Crippen molar-refractivity contribution in [2.75, 3.05) is 5.32 Å². The fourth-order valence-corrected chi connectivity index (χ4v) is 3.48. The van der Waals surface area contributed by atoms with Crippen LogP contribution in [-0.2, 0) is 13.2 Å². The van der Waals surface area contributed by atoms with Crippen LogP contribution in [0.4, 0.5) is 18.9 Å². The Morgan fingerprint density at radius 3 is 2.64 bits per heavy atom. The molecule has 0 bridgehead atoms. The first-order valence-electron chi connectivity index (χ1n) is 10.6. The van der Waals surface area contributed by atoms with Crippen molar-refractivity contribution in [3.63, 3.8) is 0 Å². The summed E-state index contributed by atoms with van der Waals surface area (Å²) < 4.78 is 46.6. The van der Waals surface area contributed by atoms with Crippen molar-refractivity contribution in [2.24, 2.45) is 7.05 Å². The molecule has 0 fully saturated rings. The fraction of sp³-hybridized carbons (Fsp3) is 0.0800. The van der Waals surface area contributed by atoms with E-state index in [2.05, 4.69) is 25.4 Å². The third kappa shape index (κ3) is 4.85. The number of anilines is 1. The number of nitrogens with one attached hydrogen (secondary N) is 1. The van der Waals surface area contributed by atoms with Gasteiger partial charge in [-0.05, 0) is 48.5 Å². The quantitative estimate of drug-likeness (QED) is 0.350. The Morgan fingerprint density at radius 1 is 1.03 bits per heavy atom. The minimum atomic E-state index is -4.52. The molecule has 0 aliphatic rings. The normalized spacial score (nSPS) is 11.4. The molecule has 0 aliphatic carbocycles. The molecule has 5 aromatic rings. The standard InChI is InChI=1S/C25H17F3N6O2/c1-34-14-20-22(33-34)31-21(16-6-4-10-29-13-16)32-24(20)36-19-9-2-5-15(11-19)23(35)30-18-8-3-7-17(12-18)25(26,27)28/h2-14H,1H3,(H,30,35). The van der Waals surface area contributed by atoms with E-state index in [1.165, 1.54) is 24.3 Å². The smallest absolute Gasteiger partial charge is 0.416 e. The number of amides is 1. The number of halogens is 3. The summed E-state index contributed by atoms with van der Waals surface area (Å²) >= 11 is 0. The monoisotopic (exact) mass is 490 g/mol. The van der Waals surface area contributed by atoms with Crippen LogP contribution in [-0.4, -0.2) is 30.6 Å². The summed E-state index contributed by atoms with van der Waals surface area (Å²) in [7, 11) is 1.74. The second kappa shape index (κ2) is 9.10. The molecule has 8 nitrogen and oxygen atoms in total. The molecule has 0 spiro atoms. The lowest BCUT2D eigenvalue weighted by Crippen LogP contribution is -2.13. The minimum absolute atomic E-state index is 0.0233. The van der Waals surface area contributed by atoms with E-state index in [-0.39, 0.29) is 17.1 Å². The van der Waals surface area contributed by atoms with Crippen LogP contribution in [0.25, 0.3) is 22.4 Å². The largest absolute Gasteiger partial charge is 0.438 e. The van der Waals surface area contributed by atoms with Gasteiger partial charge in [0.2, 0.25) is 5.88 Å². The summed E-state index contributed by atoms with van der Waals surface area (Å²) in [4.78, 5) is 25.8. The van der Waals surface area contributed by atoms with Crippen molar-refractivity contribution < 1.29 is 22.7 Å². The molecule has 0 saturated carbocycles. The molecule has 0 aliphatic heterocycles. The van der Waals surface area contributed by atoms with Crippen LogP contribution in [0, 0.1) is 0 Å². The molecule has 3 heterocycles. The van der Waals surface area contributed by atoms with Gasteiger partial charge in [-0.3, -0.25) is 14.5 Å². The number of aromatic nitrogens is 5. The molecule has 11 heteroatoms. The molecule has 1 N–H and O–H groups in total. The Hall–Kier alpha value is -4.80. The van der Waals surface area contributed by atoms with Gasteiger partial charge in [0.1, 0.15) is 11.1 Å². The lowest BCUT2D eigenvalue weighted by molar-refractivity contribution is -0.137. The summed E-state index contributed by atoms with van der Waals surface area (Å²) in [6.45, 7) is 0. The average molecular weight is 490 g/mol. The van der Waals surface area contributed by atoms with Crippen molar-refractivity contribution in [2.45, 2.75) is 6.18 Å². The Kier molecular flexibility index (Phi) is 5.80. The van der Waals surface area contributed by atoms with Crippen LogP contribution < -0.4 is 10.1 Å². The van der Waals surface area contributed by atoms with Gasteiger partial charge in [0.25, 0.3) is 5.91 Å². The van der Waals surface area contributed by atoms with Gasteiger partial charge in [-0.25, -0.2) is 4.98 Å². The average Bonchev–Trinajstić information content (AvgIpc) is 3.25. The number of fused-ring (bicyclic) bond motifs is 1. The number of alkyl halides is 3. The number of hydrogen-bond donors (Lipinski definition) is 1. The molecule has 0 atom stereocenters. The predicted molar refractivity (Wildman–Crippen MR) is 125 cm³/mol. The zero-order valence-electron chi connectivity index (χ0n) is 18.7. The summed E-state index contributed by atoms with van der Waals surface area (Å²) in [5.74, 6) is 0.294. The molecule has 5 rings (SSSR count). The van der Waals surface area contributed by atoms with Gasteiger partial charge < -0.3 is 10.1 Å². The summed E-state index contributed by atoms with van der Waals surface area (Å²) in [6, 6.07) is 14.2. The molecular weight excluding hydrogens is 473 g/mol. The third-order valence-electron chi connectivity index (χ3n) is 5.14. The molecule has 36 heavy (non-hydrogen) atoms. The third-order valence-corrected chi connectivity index (χ3v) is 5.14. The van der Waals surface area contributed by atoms with E-state index < -0.39 is 17.6 Å². The van der Waals surface area contributed by atoms with Crippen molar-refractivity contribution in [3.05, 3.63) is 90.4 Å². The highest BCUT2D eigenvalue weighted by molar-refractivity contribution is 6.04. The summed E-state index contributed by atoms with van der Waals surface area (Å²) in [5.41, 5.74) is 0.443.